The maximum absolute atomic E-state index is 13.5. The maximum Gasteiger partial charge on any atom is 0.254 e. The Balaban J connectivity index is 1.85. The molecule has 6 nitrogen and oxygen atoms in total. The van der Waals surface area contributed by atoms with Crippen LogP contribution in [0.15, 0.2) is 53.4 Å². The van der Waals surface area contributed by atoms with Crippen LogP contribution in [0, 0.1) is 5.82 Å². The van der Waals surface area contributed by atoms with Crippen molar-refractivity contribution in [1.29, 1.82) is 0 Å². The van der Waals surface area contributed by atoms with Gasteiger partial charge in [-0.3, -0.25) is 4.79 Å². The van der Waals surface area contributed by atoms with E-state index >= 15 is 0 Å². The van der Waals surface area contributed by atoms with E-state index in [0.717, 1.165) is 4.31 Å². The summed E-state index contributed by atoms with van der Waals surface area (Å²) in [5.74, 6) is -0.634. The van der Waals surface area contributed by atoms with Gasteiger partial charge in [-0.05, 0) is 36.4 Å². The summed E-state index contributed by atoms with van der Waals surface area (Å²) >= 11 is 0. The molecule has 2 aromatic carbocycles. The lowest BCUT2D eigenvalue weighted by Gasteiger charge is -2.12. The van der Waals surface area contributed by atoms with E-state index in [4.69, 9.17) is 4.74 Å². The number of halogens is 1. The number of nitrogens with one attached hydrogen (secondary N) is 1. The quantitative estimate of drug-likeness (QED) is 0.760. The van der Waals surface area contributed by atoms with Gasteiger partial charge in [0.25, 0.3) is 5.91 Å². The molecule has 0 saturated carbocycles. The number of benzene rings is 2. The summed E-state index contributed by atoms with van der Waals surface area (Å²) in [6.45, 7) is 0.352. The monoisotopic (exact) mass is 366 g/mol. The molecule has 0 atom stereocenters. The van der Waals surface area contributed by atoms with E-state index < -0.39 is 21.7 Å². The number of sulfonamides is 1. The number of amides is 1. The van der Waals surface area contributed by atoms with Crippen LogP contribution in [0.5, 0.6) is 5.75 Å². The zero-order chi connectivity index (χ0) is 18.4. The standard InChI is InChI=1S/C17H19FN2O4S/c1-20(2)25(22,23)14-9-7-13(8-10-14)24-12-11-19-17(21)15-5-3-4-6-16(15)18/h3-10H,11-12H2,1-2H3,(H,19,21). The fourth-order valence-corrected chi connectivity index (χ4v) is 2.89. The van der Waals surface area contributed by atoms with Gasteiger partial charge in [-0.25, -0.2) is 17.1 Å². The van der Waals surface area contributed by atoms with Crippen molar-refractivity contribution in [3.05, 3.63) is 59.9 Å². The molecule has 0 aliphatic rings. The first-order chi connectivity index (χ1) is 11.8. The third kappa shape index (κ3) is 4.77. The Morgan fingerprint density at radius 2 is 1.76 bits per heavy atom. The second kappa shape index (κ2) is 8.09. The Kier molecular flexibility index (Phi) is 6.11. The van der Waals surface area contributed by atoms with Crippen LogP contribution in [-0.4, -0.2) is 45.9 Å². The second-order valence-electron chi connectivity index (χ2n) is 5.34. The van der Waals surface area contributed by atoms with Crippen LogP contribution < -0.4 is 10.1 Å². The van der Waals surface area contributed by atoms with Gasteiger partial charge in [0, 0.05) is 14.1 Å². The van der Waals surface area contributed by atoms with E-state index in [0.29, 0.717) is 5.75 Å². The molecule has 0 aliphatic carbocycles. The van der Waals surface area contributed by atoms with Gasteiger partial charge in [0.2, 0.25) is 10.0 Å². The molecule has 0 bridgehead atoms. The van der Waals surface area contributed by atoms with Crippen molar-refractivity contribution in [2.24, 2.45) is 0 Å². The van der Waals surface area contributed by atoms with Gasteiger partial charge in [0.15, 0.2) is 0 Å². The molecule has 134 valence electrons. The second-order valence-corrected chi connectivity index (χ2v) is 7.49. The summed E-state index contributed by atoms with van der Waals surface area (Å²) in [7, 11) is -0.567. The minimum absolute atomic E-state index is 0.0271. The van der Waals surface area contributed by atoms with E-state index in [1.807, 2.05) is 0 Å². The molecule has 0 saturated heterocycles. The minimum Gasteiger partial charge on any atom is -0.492 e. The highest BCUT2D eigenvalue weighted by molar-refractivity contribution is 7.89. The number of hydrogen-bond acceptors (Lipinski definition) is 4. The molecule has 1 N–H and O–H groups in total. The first-order valence-corrected chi connectivity index (χ1v) is 8.94. The van der Waals surface area contributed by atoms with Crippen molar-refractivity contribution in [2.45, 2.75) is 4.90 Å². The molecule has 0 heterocycles. The number of rotatable bonds is 7. The minimum atomic E-state index is -3.48. The third-order valence-electron chi connectivity index (χ3n) is 3.38. The molecular weight excluding hydrogens is 347 g/mol. The molecule has 0 aliphatic heterocycles. The smallest absolute Gasteiger partial charge is 0.254 e. The Labute approximate surface area is 146 Å². The molecule has 25 heavy (non-hydrogen) atoms. The Morgan fingerprint density at radius 3 is 2.36 bits per heavy atom. The largest absolute Gasteiger partial charge is 0.492 e. The van der Waals surface area contributed by atoms with Gasteiger partial charge in [0.1, 0.15) is 18.2 Å². The van der Waals surface area contributed by atoms with E-state index in [1.54, 1.807) is 6.07 Å². The average Bonchev–Trinajstić information content (AvgIpc) is 2.59. The van der Waals surface area contributed by atoms with Crippen LogP contribution >= 0.6 is 0 Å². The number of carbonyl (C=O) groups excluding carboxylic acids is 1. The molecule has 2 aromatic rings. The van der Waals surface area contributed by atoms with E-state index in [9.17, 15) is 17.6 Å². The van der Waals surface area contributed by atoms with Crippen molar-refractivity contribution >= 4 is 15.9 Å². The lowest BCUT2D eigenvalue weighted by molar-refractivity contribution is 0.0943. The summed E-state index contributed by atoms with van der Waals surface area (Å²) in [5, 5.41) is 2.55. The van der Waals surface area contributed by atoms with Crippen LogP contribution in [0.25, 0.3) is 0 Å². The van der Waals surface area contributed by atoms with Gasteiger partial charge in [0.05, 0.1) is 17.0 Å². The van der Waals surface area contributed by atoms with Gasteiger partial charge < -0.3 is 10.1 Å². The van der Waals surface area contributed by atoms with E-state index in [-0.39, 0.29) is 23.6 Å². The summed E-state index contributed by atoms with van der Waals surface area (Å²) in [4.78, 5) is 12.0. The van der Waals surface area contributed by atoms with Crippen molar-refractivity contribution in [3.8, 4) is 5.75 Å². The number of ether oxygens (including phenoxy) is 1. The number of nitrogens with zero attached hydrogens (tertiary/aromatic N) is 1. The molecule has 0 fully saturated rings. The van der Waals surface area contributed by atoms with Crippen LogP contribution in [0.4, 0.5) is 4.39 Å². The molecule has 2 rings (SSSR count). The normalized spacial score (nSPS) is 11.4. The molecule has 0 unspecified atom stereocenters. The first kappa shape index (κ1) is 18.9. The number of carbonyl (C=O) groups is 1. The van der Waals surface area contributed by atoms with Crippen molar-refractivity contribution < 1.29 is 22.3 Å². The highest BCUT2D eigenvalue weighted by Crippen LogP contribution is 2.17. The molecular formula is C17H19FN2O4S. The van der Waals surface area contributed by atoms with Crippen LogP contribution in [0.1, 0.15) is 10.4 Å². The fraction of sp³-hybridized carbons (Fsp3) is 0.235. The van der Waals surface area contributed by atoms with Gasteiger partial charge in [-0.2, -0.15) is 0 Å². The SMILES string of the molecule is CN(C)S(=O)(=O)c1ccc(OCCNC(=O)c2ccccc2F)cc1. The van der Waals surface area contributed by atoms with Gasteiger partial charge >= 0.3 is 0 Å². The number of hydrogen-bond donors (Lipinski definition) is 1. The third-order valence-corrected chi connectivity index (χ3v) is 5.21. The highest BCUT2D eigenvalue weighted by Gasteiger charge is 2.16. The van der Waals surface area contributed by atoms with Crippen molar-refractivity contribution in [2.75, 3.05) is 27.2 Å². The summed E-state index contributed by atoms with van der Waals surface area (Å²) in [5.41, 5.74) is -0.0271. The lowest BCUT2D eigenvalue weighted by atomic mass is 10.2. The summed E-state index contributed by atoms with van der Waals surface area (Å²) in [6.07, 6.45) is 0. The Hall–Kier alpha value is -2.45. The summed E-state index contributed by atoms with van der Waals surface area (Å²) < 4.78 is 43.9. The van der Waals surface area contributed by atoms with Gasteiger partial charge in [-0.1, -0.05) is 12.1 Å². The highest BCUT2D eigenvalue weighted by atomic mass is 32.2. The van der Waals surface area contributed by atoms with Crippen molar-refractivity contribution in [3.63, 3.8) is 0 Å². The Morgan fingerprint density at radius 1 is 1.12 bits per heavy atom. The first-order valence-electron chi connectivity index (χ1n) is 7.50. The molecule has 0 aromatic heterocycles. The molecule has 0 radical (unpaired) electrons. The Bertz CT molecular complexity index is 836. The van der Waals surface area contributed by atoms with Crippen LogP contribution in [0.3, 0.4) is 0 Å². The van der Waals surface area contributed by atoms with E-state index in [1.165, 1.54) is 56.6 Å². The van der Waals surface area contributed by atoms with Crippen LogP contribution in [-0.2, 0) is 10.0 Å². The molecule has 0 spiro atoms. The van der Waals surface area contributed by atoms with Gasteiger partial charge in [-0.15, -0.1) is 0 Å². The van der Waals surface area contributed by atoms with Crippen molar-refractivity contribution in [1.82, 2.24) is 9.62 Å². The summed E-state index contributed by atoms with van der Waals surface area (Å²) in [6, 6.07) is 11.7. The topological polar surface area (TPSA) is 75.7 Å². The predicted molar refractivity (Wildman–Crippen MR) is 91.5 cm³/mol. The predicted octanol–water partition coefficient (Wildman–Crippen LogP) is 1.88. The molecule has 8 heteroatoms. The van der Waals surface area contributed by atoms with Crippen LogP contribution in [0.2, 0.25) is 0 Å². The zero-order valence-electron chi connectivity index (χ0n) is 13.9. The van der Waals surface area contributed by atoms with E-state index in [2.05, 4.69) is 5.32 Å². The lowest BCUT2D eigenvalue weighted by Crippen LogP contribution is -2.28. The fourth-order valence-electron chi connectivity index (χ4n) is 1.99. The molecule has 1 amide bonds. The maximum atomic E-state index is 13.5. The zero-order valence-corrected chi connectivity index (χ0v) is 14.7. The average molecular weight is 366 g/mol.